The van der Waals surface area contributed by atoms with E-state index in [1.807, 2.05) is 19.2 Å². The normalized spacial score (nSPS) is 15.2. The lowest BCUT2D eigenvalue weighted by Gasteiger charge is -2.19. The standard InChI is InChI=1S/C21H25NO5/c1-22-15-8-6-12-10-18(25-3)20(26-4)21(27-5)19(12)13-7-9-17(24-2)16(23)11-14(13)15/h7,9-11,15,22H,6,8H2,1-5H3/t15-/m1/s1. The van der Waals surface area contributed by atoms with Crippen LogP contribution in [0.1, 0.15) is 23.6 Å². The number of nitrogens with one attached hydrogen (secondary N) is 1. The molecule has 2 aromatic rings. The Morgan fingerprint density at radius 1 is 0.926 bits per heavy atom. The molecule has 0 spiro atoms. The zero-order valence-corrected chi connectivity index (χ0v) is 16.3. The van der Waals surface area contributed by atoms with E-state index in [1.165, 1.54) is 7.11 Å². The van der Waals surface area contributed by atoms with Crippen molar-refractivity contribution in [3.63, 3.8) is 0 Å². The van der Waals surface area contributed by atoms with Crippen LogP contribution in [0.4, 0.5) is 0 Å². The number of methoxy groups -OCH3 is 4. The van der Waals surface area contributed by atoms with Crippen LogP contribution in [0, 0.1) is 0 Å². The van der Waals surface area contributed by atoms with Gasteiger partial charge in [0, 0.05) is 11.6 Å². The lowest BCUT2D eigenvalue weighted by molar-refractivity contribution is 0.324. The van der Waals surface area contributed by atoms with Gasteiger partial charge in [-0.3, -0.25) is 4.79 Å². The van der Waals surface area contributed by atoms with Crippen LogP contribution < -0.4 is 29.7 Å². The predicted octanol–water partition coefficient (Wildman–Crippen LogP) is 2.95. The number of aryl methyl sites for hydroxylation is 1. The van der Waals surface area contributed by atoms with E-state index >= 15 is 0 Å². The van der Waals surface area contributed by atoms with Crippen LogP contribution in [0.2, 0.25) is 0 Å². The number of hydrogen-bond acceptors (Lipinski definition) is 6. The van der Waals surface area contributed by atoms with Gasteiger partial charge in [0.15, 0.2) is 17.2 Å². The highest BCUT2D eigenvalue weighted by Gasteiger charge is 2.28. The molecule has 6 heteroatoms. The SMILES string of the molecule is CN[C@@H]1CCc2cc(OC)c(OC)c(OC)c2-c2ccc(OC)c(=O)cc21. The van der Waals surface area contributed by atoms with E-state index in [-0.39, 0.29) is 11.5 Å². The Bertz CT molecular complexity index is 910. The van der Waals surface area contributed by atoms with E-state index in [9.17, 15) is 4.79 Å². The molecular formula is C21H25NO5. The van der Waals surface area contributed by atoms with Crippen molar-refractivity contribution in [2.75, 3.05) is 35.5 Å². The zero-order chi connectivity index (χ0) is 19.6. The van der Waals surface area contributed by atoms with Crippen molar-refractivity contribution in [3.8, 4) is 34.1 Å². The van der Waals surface area contributed by atoms with Gasteiger partial charge in [-0.25, -0.2) is 0 Å². The largest absolute Gasteiger partial charge is 0.493 e. The second-order valence-electron chi connectivity index (χ2n) is 6.34. The molecule has 1 aliphatic carbocycles. The van der Waals surface area contributed by atoms with Gasteiger partial charge >= 0.3 is 0 Å². The first-order chi connectivity index (χ1) is 13.1. The molecule has 0 aromatic heterocycles. The van der Waals surface area contributed by atoms with Crippen LogP contribution in [0.5, 0.6) is 23.0 Å². The second-order valence-corrected chi connectivity index (χ2v) is 6.34. The highest BCUT2D eigenvalue weighted by molar-refractivity contribution is 5.82. The molecule has 6 nitrogen and oxygen atoms in total. The molecule has 0 radical (unpaired) electrons. The van der Waals surface area contributed by atoms with Gasteiger partial charge in [-0.05, 0) is 54.8 Å². The summed E-state index contributed by atoms with van der Waals surface area (Å²) in [4.78, 5) is 12.6. The molecule has 0 saturated carbocycles. The summed E-state index contributed by atoms with van der Waals surface area (Å²) in [7, 11) is 8.21. The number of ether oxygens (including phenoxy) is 4. The summed E-state index contributed by atoms with van der Waals surface area (Å²) in [5, 5.41) is 3.33. The van der Waals surface area contributed by atoms with Gasteiger partial charge < -0.3 is 24.3 Å². The molecule has 0 saturated heterocycles. The third-order valence-corrected chi connectivity index (χ3v) is 5.07. The lowest BCUT2D eigenvalue weighted by atomic mass is 9.95. The van der Waals surface area contributed by atoms with Gasteiger partial charge in [0.25, 0.3) is 0 Å². The van der Waals surface area contributed by atoms with Gasteiger partial charge in [-0.1, -0.05) is 6.07 Å². The van der Waals surface area contributed by atoms with Gasteiger partial charge in [0.2, 0.25) is 11.2 Å². The smallest absolute Gasteiger partial charge is 0.220 e. The first kappa shape index (κ1) is 19.0. The fourth-order valence-corrected chi connectivity index (χ4v) is 3.77. The van der Waals surface area contributed by atoms with Crippen molar-refractivity contribution in [1.82, 2.24) is 5.32 Å². The summed E-state index contributed by atoms with van der Waals surface area (Å²) >= 11 is 0. The predicted molar refractivity (Wildman–Crippen MR) is 104 cm³/mol. The highest BCUT2D eigenvalue weighted by atomic mass is 16.5. The molecule has 27 heavy (non-hydrogen) atoms. The maximum atomic E-state index is 12.6. The van der Waals surface area contributed by atoms with Crippen molar-refractivity contribution in [3.05, 3.63) is 45.6 Å². The van der Waals surface area contributed by atoms with Crippen LogP contribution in [0.15, 0.2) is 29.1 Å². The summed E-state index contributed by atoms with van der Waals surface area (Å²) in [6.07, 6.45) is 1.64. The van der Waals surface area contributed by atoms with Gasteiger partial charge in [0.05, 0.1) is 28.4 Å². The van der Waals surface area contributed by atoms with Crippen LogP contribution in [0.25, 0.3) is 11.1 Å². The molecule has 1 N–H and O–H groups in total. The Morgan fingerprint density at radius 2 is 1.63 bits per heavy atom. The van der Waals surface area contributed by atoms with Crippen molar-refractivity contribution in [1.29, 1.82) is 0 Å². The van der Waals surface area contributed by atoms with Crippen LogP contribution in [0.3, 0.4) is 0 Å². The van der Waals surface area contributed by atoms with E-state index in [2.05, 4.69) is 5.32 Å². The average molecular weight is 371 g/mol. The molecule has 0 unspecified atom stereocenters. The number of benzene rings is 1. The molecule has 144 valence electrons. The molecule has 2 aromatic carbocycles. The molecule has 3 rings (SSSR count). The molecule has 1 atom stereocenters. The summed E-state index contributed by atoms with van der Waals surface area (Å²) < 4.78 is 22.1. The average Bonchev–Trinajstić information content (AvgIpc) is 2.94. The number of fused-ring (bicyclic) bond motifs is 3. The molecule has 0 heterocycles. The monoisotopic (exact) mass is 371 g/mol. The summed E-state index contributed by atoms with van der Waals surface area (Å²) in [6, 6.07) is 7.29. The molecule has 0 amide bonds. The molecule has 0 bridgehead atoms. The van der Waals surface area contributed by atoms with E-state index in [1.54, 1.807) is 33.5 Å². The maximum absolute atomic E-state index is 12.6. The van der Waals surface area contributed by atoms with Gasteiger partial charge in [0.1, 0.15) is 0 Å². The van der Waals surface area contributed by atoms with E-state index < -0.39 is 0 Å². The van der Waals surface area contributed by atoms with Crippen molar-refractivity contribution < 1.29 is 18.9 Å². The first-order valence-corrected chi connectivity index (χ1v) is 8.81. The van der Waals surface area contributed by atoms with Gasteiger partial charge in [-0.15, -0.1) is 0 Å². The Hall–Kier alpha value is -2.73. The van der Waals surface area contributed by atoms with Crippen LogP contribution >= 0.6 is 0 Å². The molecule has 0 fully saturated rings. The fraction of sp³-hybridized carbons (Fsp3) is 0.381. The minimum absolute atomic E-state index is 0.0268. The highest BCUT2D eigenvalue weighted by Crippen LogP contribution is 2.50. The Labute approximate surface area is 159 Å². The molecular weight excluding hydrogens is 346 g/mol. The van der Waals surface area contributed by atoms with Crippen LogP contribution in [-0.2, 0) is 6.42 Å². The maximum Gasteiger partial charge on any atom is 0.220 e. The van der Waals surface area contributed by atoms with E-state index in [0.29, 0.717) is 23.0 Å². The first-order valence-electron chi connectivity index (χ1n) is 8.81. The summed E-state index contributed by atoms with van der Waals surface area (Å²) in [6.45, 7) is 0. The summed E-state index contributed by atoms with van der Waals surface area (Å²) in [5.41, 5.74) is 3.68. The topological polar surface area (TPSA) is 66.0 Å². The number of rotatable bonds is 5. The third-order valence-electron chi connectivity index (χ3n) is 5.07. The summed E-state index contributed by atoms with van der Waals surface area (Å²) in [5.74, 6) is 2.06. The lowest BCUT2D eigenvalue weighted by Crippen LogP contribution is -2.17. The molecule has 1 aliphatic rings. The van der Waals surface area contributed by atoms with E-state index in [4.69, 9.17) is 18.9 Å². The second kappa shape index (κ2) is 7.88. The van der Waals surface area contributed by atoms with Gasteiger partial charge in [-0.2, -0.15) is 0 Å². The van der Waals surface area contributed by atoms with Crippen molar-refractivity contribution in [2.45, 2.75) is 18.9 Å². The quantitative estimate of drug-likeness (QED) is 0.872. The zero-order valence-electron chi connectivity index (χ0n) is 16.3. The van der Waals surface area contributed by atoms with Crippen LogP contribution in [-0.4, -0.2) is 35.5 Å². The fourth-order valence-electron chi connectivity index (χ4n) is 3.77. The number of hydrogen-bond donors (Lipinski definition) is 1. The van der Waals surface area contributed by atoms with E-state index in [0.717, 1.165) is 35.1 Å². The molecule has 0 aliphatic heterocycles. The Kier molecular flexibility index (Phi) is 5.56. The Morgan fingerprint density at radius 3 is 2.22 bits per heavy atom. The third kappa shape index (κ3) is 3.21. The van der Waals surface area contributed by atoms with Crippen molar-refractivity contribution >= 4 is 0 Å². The minimum atomic E-state index is -0.151. The Balaban J connectivity index is 2.43. The minimum Gasteiger partial charge on any atom is -0.493 e. The van der Waals surface area contributed by atoms with Crippen molar-refractivity contribution in [2.24, 2.45) is 0 Å².